The van der Waals surface area contributed by atoms with E-state index in [9.17, 15) is 13.2 Å². The molecule has 0 spiro atoms. The van der Waals surface area contributed by atoms with Crippen molar-refractivity contribution in [2.24, 2.45) is 0 Å². The van der Waals surface area contributed by atoms with Crippen molar-refractivity contribution >= 4 is 10.9 Å². The Morgan fingerprint density at radius 1 is 1.00 bits per heavy atom. The molecule has 0 aliphatic carbocycles. The number of nitrogens with one attached hydrogen (secondary N) is 1. The van der Waals surface area contributed by atoms with Gasteiger partial charge in [0.2, 0.25) is 0 Å². The molecule has 1 nitrogen and oxygen atoms in total. The van der Waals surface area contributed by atoms with Gasteiger partial charge in [-0.15, -0.1) is 0 Å². The van der Waals surface area contributed by atoms with Gasteiger partial charge in [-0.1, -0.05) is 26.8 Å². The third kappa shape index (κ3) is 2.30. The van der Waals surface area contributed by atoms with Gasteiger partial charge in [0.15, 0.2) is 0 Å². The topological polar surface area (TPSA) is 15.8 Å². The fourth-order valence-electron chi connectivity index (χ4n) is 1.75. The third-order valence-electron chi connectivity index (χ3n) is 2.79. The van der Waals surface area contributed by atoms with Crippen LogP contribution in [0.3, 0.4) is 0 Å². The minimum atomic E-state index is -4.32. The number of alkyl halides is 3. The lowest BCUT2D eigenvalue weighted by molar-refractivity contribution is -0.140. The van der Waals surface area contributed by atoms with Gasteiger partial charge in [0.05, 0.1) is 0 Å². The van der Waals surface area contributed by atoms with Crippen molar-refractivity contribution in [2.75, 3.05) is 0 Å². The molecular weight excluding hydrogens is 227 g/mol. The Labute approximate surface area is 97.6 Å². The standard InChI is InChI=1S/C13H14F3N/c1-12(2,3)9-4-5-10-8(6-9)7-11(17-10)13(14,15)16/h4-7,17H,1-3H3. The summed E-state index contributed by atoms with van der Waals surface area (Å²) < 4.78 is 37.6. The van der Waals surface area contributed by atoms with E-state index in [1.807, 2.05) is 26.8 Å². The average Bonchev–Trinajstić information content (AvgIpc) is 2.57. The van der Waals surface area contributed by atoms with Crippen LogP contribution in [0.1, 0.15) is 32.0 Å². The molecule has 92 valence electrons. The molecule has 0 atom stereocenters. The molecule has 0 unspecified atom stereocenters. The molecule has 1 heterocycles. The Hall–Kier alpha value is -1.45. The Balaban J connectivity index is 2.56. The lowest BCUT2D eigenvalue weighted by atomic mass is 9.86. The minimum Gasteiger partial charge on any atom is -0.351 e. The highest BCUT2D eigenvalue weighted by molar-refractivity contribution is 5.81. The van der Waals surface area contributed by atoms with E-state index in [0.717, 1.165) is 11.6 Å². The maximum absolute atomic E-state index is 12.5. The first-order valence-electron chi connectivity index (χ1n) is 5.38. The summed E-state index contributed by atoms with van der Waals surface area (Å²) in [5, 5.41) is 0.602. The van der Waals surface area contributed by atoms with Crippen LogP contribution in [0.2, 0.25) is 0 Å². The summed E-state index contributed by atoms with van der Waals surface area (Å²) in [6.07, 6.45) is -4.32. The Bertz CT molecular complexity index is 532. The molecule has 2 aromatic rings. The number of fused-ring (bicyclic) bond motifs is 1. The maximum Gasteiger partial charge on any atom is 0.431 e. The predicted molar refractivity (Wildman–Crippen MR) is 62.0 cm³/mol. The molecule has 4 heteroatoms. The van der Waals surface area contributed by atoms with Gasteiger partial charge in [0.25, 0.3) is 0 Å². The van der Waals surface area contributed by atoms with E-state index in [-0.39, 0.29) is 5.41 Å². The zero-order valence-corrected chi connectivity index (χ0v) is 9.94. The molecule has 0 radical (unpaired) electrons. The van der Waals surface area contributed by atoms with E-state index in [4.69, 9.17) is 0 Å². The van der Waals surface area contributed by atoms with Gasteiger partial charge in [-0.2, -0.15) is 13.2 Å². The monoisotopic (exact) mass is 241 g/mol. The fourth-order valence-corrected chi connectivity index (χ4v) is 1.75. The number of halogens is 3. The number of hydrogen-bond acceptors (Lipinski definition) is 0. The van der Waals surface area contributed by atoms with Crippen molar-refractivity contribution < 1.29 is 13.2 Å². The summed E-state index contributed by atoms with van der Waals surface area (Å²) in [6, 6.07) is 6.52. The van der Waals surface area contributed by atoms with E-state index < -0.39 is 11.9 Å². The van der Waals surface area contributed by atoms with E-state index >= 15 is 0 Å². The quantitative estimate of drug-likeness (QED) is 0.699. The van der Waals surface area contributed by atoms with E-state index in [1.54, 1.807) is 12.1 Å². The molecule has 2 rings (SSSR count). The molecule has 0 fully saturated rings. The second kappa shape index (κ2) is 3.52. The Morgan fingerprint density at radius 2 is 1.65 bits per heavy atom. The fraction of sp³-hybridized carbons (Fsp3) is 0.385. The van der Waals surface area contributed by atoms with Crippen LogP contribution in [0.4, 0.5) is 13.2 Å². The Kier molecular flexibility index (Phi) is 2.49. The summed E-state index contributed by atoms with van der Waals surface area (Å²) in [5.74, 6) is 0. The first kappa shape index (κ1) is 12.0. The molecule has 17 heavy (non-hydrogen) atoms. The summed E-state index contributed by atoms with van der Waals surface area (Å²) in [5.41, 5.74) is 0.783. The van der Waals surface area contributed by atoms with Crippen molar-refractivity contribution in [3.63, 3.8) is 0 Å². The van der Waals surface area contributed by atoms with Gasteiger partial charge in [-0.25, -0.2) is 0 Å². The molecule has 0 saturated carbocycles. The maximum atomic E-state index is 12.5. The van der Waals surface area contributed by atoms with Crippen LogP contribution >= 0.6 is 0 Å². The van der Waals surface area contributed by atoms with Crippen molar-refractivity contribution in [1.82, 2.24) is 4.98 Å². The first-order valence-corrected chi connectivity index (χ1v) is 5.38. The second-order valence-corrected chi connectivity index (χ2v) is 5.23. The third-order valence-corrected chi connectivity index (χ3v) is 2.79. The Morgan fingerprint density at radius 3 is 2.18 bits per heavy atom. The van der Waals surface area contributed by atoms with Gasteiger partial charge in [-0.3, -0.25) is 0 Å². The van der Waals surface area contributed by atoms with E-state index in [1.165, 1.54) is 0 Å². The molecule has 1 aromatic carbocycles. The van der Waals surface area contributed by atoms with Crippen LogP contribution in [0.25, 0.3) is 10.9 Å². The van der Waals surface area contributed by atoms with Gasteiger partial charge < -0.3 is 4.98 Å². The highest BCUT2D eigenvalue weighted by atomic mass is 19.4. The first-order chi connectivity index (χ1) is 7.68. The SMILES string of the molecule is CC(C)(C)c1ccc2[nH]c(C(F)(F)F)cc2c1. The predicted octanol–water partition coefficient (Wildman–Crippen LogP) is 4.48. The average molecular weight is 241 g/mol. The number of rotatable bonds is 0. The number of hydrogen-bond donors (Lipinski definition) is 1. The number of aromatic amines is 1. The second-order valence-electron chi connectivity index (χ2n) is 5.23. The van der Waals surface area contributed by atoms with Crippen molar-refractivity contribution in [3.8, 4) is 0 Å². The smallest absolute Gasteiger partial charge is 0.351 e. The largest absolute Gasteiger partial charge is 0.431 e. The van der Waals surface area contributed by atoms with Gasteiger partial charge >= 0.3 is 6.18 Å². The number of aromatic nitrogens is 1. The molecule has 0 aliphatic heterocycles. The van der Waals surface area contributed by atoms with Gasteiger partial charge in [0, 0.05) is 10.9 Å². The van der Waals surface area contributed by atoms with Crippen LogP contribution in [0.15, 0.2) is 24.3 Å². The molecular formula is C13H14F3N. The lowest BCUT2D eigenvalue weighted by Gasteiger charge is -2.18. The normalized spacial score (nSPS) is 13.3. The van der Waals surface area contributed by atoms with Gasteiger partial charge in [0.1, 0.15) is 5.69 Å². The van der Waals surface area contributed by atoms with Crippen molar-refractivity contribution in [3.05, 3.63) is 35.5 Å². The van der Waals surface area contributed by atoms with E-state index in [0.29, 0.717) is 10.9 Å². The number of benzene rings is 1. The highest BCUT2D eigenvalue weighted by Gasteiger charge is 2.32. The van der Waals surface area contributed by atoms with Crippen molar-refractivity contribution in [2.45, 2.75) is 32.4 Å². The van der Waals surface area contributed by atoms with Crippen LogP contribution < -0.4 is 0 Å². The van der Waals surface area contributed by atoms with E-state index in [2.05, 4.69) is 4.98 Å². The molecule has 0 saturated heterocycles. The number of H-pyrrole nitrogens is 1. The van der Waals surface area contributed by atoms with Crippen LogP contribution in [-0.4, -0.2) is 4.98 Å². The zero-order valence-electron chi connectivity index (χ0n) is 9.94. The summed E-state index contributed by atoms with van der Waals surface area (Å²) in [6.45, 7) is 6.10. The lowest BCUT2D eigenvalue weighted by Crippen LogP contribution is -2.10. The van der Waals surface area contributed by atoms with Crippen molar-refractivity contribution in [1.29, 1.82) is 0 Å². The molecule has 1 N–H and O–H groups in total. The van der Waals surface area contributed by atoms with Crippen LogP contribution in [0, 0.1) is 0 Å². The molecule has 0 bridgehead atoms. The molecule has 0 amide bonds. The zero-order chi connectivity index (χ0) is 12.8. The van der Waals surface area contributed by atoms with Gasteiger partial charge in [-0.05, 0) is 29.2 Å². The molecule has 1 aromatic heterocycles. The van der Waals surface area contributed by atoms with Crippen LogP contribution in [0.5, 0.6) is 0 Å². The summed E-state index contributed by atoms with van der Waals surface area (Å²) in [7, 11) is 0. The minimum absolute atomic E-state index is 0.0656. The van der Waals surface area contributed by atoms with Crippen LogP contribution in [-0.2, 0) is 11.6 Å². The molecule has 0 aliphatic rings. The summed E-state index contributed by atoms with van der Waals surface area (Å²) in [4.78, 5) is 2.39. The summed E-state index contributed by atoms with van der Waals surface area (Å²) >= 11 is 0. The highest BCUT2D eigenvalue weighted by Crippen LogP contribution is 2.32.